The summed E-state index contributed by atoms with van der Waals surface area (Å²) in [6.07, 6.45) is 0. The minimum atomic E-state index is -0.560. The number of carbonyl (C=O) groups excluding carboxylic acids is 1. The average Bonchev–Trinajstić information content (AvgIpc) is 2.37. The quantitative estimate of drug-likeness (QED) is 0.661. The number of benzene rings is 2. The summed E-state index contributed by atoms with van der Waals surface area (Å²) < 4.78 is 5.17. The predicted octanol–water partition coefficient (Wildman–Crippen LogP) is 4.59. The summed E-state index contributed by atoms with van der Waals surface area (Å²) in [7, 11) is 0. The van der Waals surface area contributed by atoms with E-state index < -0.39 is 5.97 Å². The first kappa shape index (κ1) is 15.0. The van der Waals surface area contributed by atoms with E-state index in [1.807, 2.05) is 0 Å². The minimum Gasteiger partial charge on any atom is -0.457 e. The average molecular weight is 331 g/mol. The first-order chi connectivity index (χ1) is 9.49. The smallest absolute Gasteiger partial charge is 0.340 e. The number of carbonyl (C=O) groups is 1. The van der Waals surface area contributed by atoms with Gasteiger partial charge in [0, 0.05) is 26.3 Å². The van der Waals surface area contributed by atoms with Crippen molar-refractivity contribution in [2.75, 3.05) is 5.73 Å². The predicted molar refractivity (Wildman–Crippen MR) is 81.4 cm³/mol. The molecule has 0 saturated heterocycles. The zero-order valence-corrected chi connectivity index (χ0v) is 12.5. The number of ether oxygens (including phenoxy) is 1. The molecule has 0 bridgehead atoms. The summed E-state index contributed by atoms with van der Waals surface area (Å²) in [6, 6.07) is 9.62. The number of nitrogens with two attached hydrogens (primary N) is 1. The van der Waals surface area contributed by atoms with Crippen LogP contribution < -0.4 is 5.73 Å². The van der Waals surface area contributed by atoms with E-state index in [0.29, 0.717) is 20.6 Å². The van der Waals surface area contributed by atoms with E-state index in [1.165, 1.54) is 12.1 Å². The molecule has 0 aliphatic carbocycles. The van der Waals surface area contributed by atoms with Gasteiger partial charge in [-0.25, -0.2) is 4.79 Å². The highest BCUT2D eigenvalue weighted by Gasteiger charge is 2.13. The van der Waals surface area contributed by atoms with Crippen LogP contribution in [0.1, 0.15) is 15.9 Å². The van der Waals surface area contributed by atoms with Gasteiger partial charge in [0.1, 0.15) is 6.61 Å². The number of hydrogen-bond acceptors (Lipinski definition) is 3. The lowest BCUT2D eigenvalue weighted by Gasteiger charge is -2.09. The summed E-state index contributed by atoms with van der Waals surface area (Å²) in [4.78, 5) is 11.9. The molecule has 2 aromatic rings. The molecule has 0 unspecified atom stereocenters. The molecule has 0 heterocycles. The van der Waals surface area contributed by atoms with Crippen LogP contribution in [0.2, 0.25) is 15.1 Å². The Hall–Kier alpha value is -1.42. The molecule has 0 saturated carbocycles. The first-order valence-electron chi connectivity index (χ1n) is 5.64. The second-order valence-electron chi connectivity index (χ2n) is 4.01. The zero-order valence-electron chi connectivity index (χ0n) is 10.2. The van der Waals surface area contributed by atoms with Gasteiger partial charge in [-0.1, -0.05) is 40.9 Å². The molecular weight excluding hydrogens is 321 g/mol. The largest absolute Gasteiger partial charge is 0.457 e. The van der Waals surface area contributed by atoms with Crippen LogP contribution >= 0.6 is 34.8 Å². The van der Waals surface area contributed by atoms with E-state index in [-0.39, 0.29) is 17.9 Å². The van der Waals surface area contributed by atoms with Crippen LogP contribution in [-0.2, 0) is 11.3 Å². The van der Waals surface area contributed by atoms with E-state index in [2.05, 4.69) is 0 Å². The molecule has 2 aromatic carbocycles. The van der Waals surface area contributed by atoms with E-state index in [9.17, 15) is 4.79 Å². The summed E-state index contributed by atoms with van der Waals surface area (Å²) in [5.41, 5.74) is 6.77. The van der Waals surface area contributed by atoms with E-state index in [1.54, 1.807) is 24.3 Å². The second-order valence-corrected chi connectivity index (χ2v) is 5.26. The summed E-state index contributed by atoms with van der Waals surface area (Å²) in [5, 5.41) is 1.33. The number of rotatable bonds is 3. The Bertz CT molecular complexity index is 639. The maximum absolute atomic E-state index is 11.9. The van der Waals surface area contributed by atoms with E-state index in [0.717, 1.165) is 0 Å². The van der Waals surface area contributed by atoms with Gasteiger partial charge in [-0.05, 0) is 30.3 Å². The molecule has 0 spiro atoms. The topological polar surface area (TPSA) is 52.3 Å². The lowest BCUT2D eigenvalue weighted by atomic mass is 10.2. The van der Waals surface area contributed by atoms with Gasteiger partial charge >= 0.3 is 5.97 Å². The van der Waals surface area contributed by atoms with Crippen LogP contribution in [0, 0.1) is 0 Å². The third kappa shape index (κ3) is 3.37. The molecule has 2 N–H and O–H groups in total. The molecule has 0 amide bonds. The maximum Gasteiger partial charge on any atom is 0.340 e. The Labute approximate surface area is 131 Å². The highest BCUT2D eigenvalue weighted by Crippen LogP contribution is 2.26. The lowest BCUT2D eigenvalue weighted by Crippen LogP contribution is -2.08. The van der Waals surface area contributed by atoms with E-state index >= 15 is 0 Å². The highest BCUT2D eigenvalue weighted by molar-refractivity contribution is 6.36. The van der Waals surface area contributed by atoms with Crippen LogP contribution in [0.15, 0.2) is 36.4 Å². The Balaban J connectivity index is 2.13. The fourth-order valence-corrected chi connectivity index (χ4v) is 2.29. The summed E-state index contributed by atoms with van der Waals surface area (Å²) in [5.74, 6) is -0.560. The summed E-state index contributed by atoms with van der Waals surface area (Å²) in [6.45, 7) is -0.0284. The lowest BCUT2D eigenvalue weighted by molar-refractivity contribution is 0.0474. The minimum absolute atomic E-state index is 0.0284. The van der Waals surface area contributed by atoms with E-state index in [4.69, 9.17) is 45.3 Å². The second kappa shape index (κ2) is 6.35. The van der Waals surface area contributed by atoms with Crippen molar-refractivity contribution < 1.29 is 9.53 Å². The van der Waals surface area contributed by atoms with Gasteiger partial charge in [-0.15, -0.1) is 0 Å². The summed E-state index contributed by atoms with van der Waals surface area (Å²) >= 11 is 17.8. The van der Waals surface area contributed by atoms with Gasteiger partial charge in [0.2, 0.25) is 0 Å². The van der Waals surface area contributed by atoms with Crippen molar-refractivity contribution in [2.45, 2.75) is 6.61 Å². The Morgan fingerprint density at radius 3 is 2.35 bits per heavy atom. The maximum atomic E-state index is 11.9. The van der Waals surface area contributed by atoms with Crippen molar-refractivity contribution in [1.29, 1.82) is 0 Å². The SMILES string of the molecule is Nc1cc(Cl)ccc1C(=O)OCc1c(Cl)cccc1Cl. The normalized spacial score (nSPS) is 10.3. The number of anilines is 1. The van der Waals surface area contributed by atoms with Crippen molar-refractivity contribution in [1.82, 2.24) is 0 Å². The van der Waals surface area contributed by atoms with Crippen LogP contribution in [-0.4, -0.2) is 5.97 Å². The van der Waals surface area contributed by atoms with Gasteiger partial charge in [-0.3, -0.25) is 0 Å². The van der Waals surface area contributed by atoms with Gasteiger partial charge < -0.3 is 10.5 Å². The van der Waals surface area contributed by atoms with Crippen LogP contribution in [0.5, 0.6) is 0 Å². The molecule has 0 aromatic heterocycles. The monoisotopic (exact) mass is 329 g/mol. The van der Waals surface area contributed by atoms with Gasteiger partial charge in [0.15, 0.2) is 0 Å². The molecule has 20 heavy (non-hydrogen) atoms. The molecule has 3 nitrogen and oxygen atoms in total. The molecule has 0 fully saturated rings. The standard InChI is InChI=1S/C14H10Cl3NO2/c15-8-4-5-9(13(18)6-8)14(19)20-7-10-11(16)2-1-3-12(10)17/h1-6H,7,18H2. The highest BCUT2D eigenvalue weighted by atomic mass is 35.5. The van der Waals surface area contributed by atoms with Crippen molar-refractivity contribution in [2.24, 2.45) is 0 Å². The third-order valence-electron chi connectivity index (χ3n) is 2.64. The van der Waals surface area contributed by atoms with Crippen molar-refractivity contribution in [3.05, 3.63) is 62.6 Å². The van der Waals surface area contributed by atoms with Gasteiger partial charge in [0.25, 0.3) is 0 Å². The van der Waals surface area contributed by atoms with Crippen molar-refractivity contribution in [3.8, 4) is 0 Å². The van der Waals surface area contributed by atoms with Crippen LogP contribution in [0.25, 0.3) is 0 Å². The fraction of sp³-hybridized carbons (Fsp3) is 0.0714. The molecule has 6 heteroatoms. The van der Waals surface area contributed by atoms with Crippen molar-refractivity contribution in [3.63, 3.8) is 0 Å². The molecule has 104 valence electrons. The third-order valence-corrected chi connectivity index (χ3v) is 3.59. The van der Waals surface area contributed by atoms with Gasteiger partial charge in [-0.2, -0.15) is 0 Å². The molecule has 0 atom stereocenters. The zero-order chi connectivity index (χ0) is 14.7. The number of hydrogen-bond donors (Lipinski definition) is 1. The Morgan fingerprint density at radius 1 is 1.10 bits per heavy atom. The number of nitrogen functional groups attached to an aromatic ring is 1. The molecule has 0 aliphatic heterocycles. The van der Waals surface area contributed by atoms with Crippen LogP contribution in [0.4, 0.5) is 5.69 Å². The Morgan fingerprint density at radius 2 is 1.75 bits per heavy atom. The first-order valence-corrected chi connectivity index (χ1v) is 6.77. The van der Waals surface area contributed by atoms with Crippen molar-refractivity contribution >= 4 is 46.5 Å². The number of esters is 1. The van der Waals surface area contributed by atoms with Crippen LogP contribution in [0.3, 0.4) is 0 Å². The Kier molecular flexibility index (Phi) is 4.76. The van der Waals surface area contributed by atoms with Gasteiger partial charge in [0.05, 0.1) is 5.56 Å². The molecule has 0 radical (unpaired) electrons. The molecule has 2 rings (SSSR count). The number of halogens is 3. The molecular formula is C14H10Cl3NO2. The fourth-order valence-electron chi connectivity index (χ4n) is 1.61. The molecule has 0 aliphatic rings.